The molecule has 0 fully saturated rings. The van der Waals surface area contributed by atoms with E-state index < -0.39 is 11.5 Å². The fourth-order valence-electron chi connectivity index (χ4n) is 3.95. The number of rotatable bonds is 11. The Bertz CT molecular complexity index is 1080. The van der Waals surface area contributed by atoms with Crippen molar-refractivity contribution in [2.24, 2.45) is 0 Å². The molecule has 174 valence electrons. The van der Waals surface area contributed by atoms with Gasteiger partial charge >= 0.3 is 5.97 Å². The molecule has 0 aliphatic rings. The van der Waals surface area contributed by atoms with Crippen molar-refractivity contribution in [3.8, 4) is 0 Å². The van der Waals surface area contributed by atoms with Gasteiger partial charge in [-0.2, -0.15) is 0 Å². The third-order valence-corrected chi connectivity index (χ3v) is 6.09. The maximum atomic E-state index is 12.8. The highest BCUT2D eigenvalue weighted by molar-refractivity contribution is 6.31. The molecule has 0 radical (unpaired) electrons. The van der Waals surface area contributed by atoms with E-state index in [2.05, 4.69) is 22.2 Å². The first-order valence-electron chi connectivity index (χ1n) is 11.2. The van der Waals surface area contributed by atoms with Gasteiger partial charge in [0, 0.05) is 29.3 Å². The van der Waals surface area contributed by atoms with E-state index in [1.54, 1.807) is 6.20 Å². The van der Waals surface area contributed by atoms with Crippen molar-refractivity contribution >= 4 is 23.5 Å². The van der Waals surface area contributed by atoms with Gasteiger partial charge in [-0.15, -0.1) is 0 Å². The molecule has 1 amide bonds. The molecular weight excluding hydrogens is 438 g/mol. The molecule has 33 heavy (non-hydrogen) atoms. The largest absolute Gasteiger partial charge is 0.480 e. The second kappa shape index (κ2) is 11.1. The van der Waals surface area contributed by atoms with Gasteiger partial charge in [0.05, 0.1) is 6.42 Å². The third kappa shape index (κ3) is 6.45. The molecule has 3 rings (SSSR count). The number of halogens is 1. The van der Waals surface area contributed by atoms with Gasteiger partial charge in [0.1, 0.15) is 11.4 Å². The van der Waals surface area contributed by atoms with Gasteiger partial charge in [0.2, 0.25) is 5.91 Å². The Morgan fingerprint density at radius 2 is 1.85 bits per heavy atom. The highest BCUT2D eigenvalue weighted by Crippen LogP contribution is 2.32. The number of aromatic amines is 1. The van der Waals surface area contributed by atoms with Crippen molar-refractivity contribution in [1.29, 1.82) is 0 Å². The van der Waals surface area contributed by atoms with E-state index in [-0.39, 0.29) is 24.7 Å². The number of hydrogen-bond donors (Lipinski definition) is 3. The van der Waals surface area contributed by atoms with E-state index in [4.69, 9.17) is 11.6 Å². The fourth-order valence-corrected chi connectivity index (χ4v) is 4.22. The van der Waals surface area contributed by atoms with Crippen LogP contribution in [0.25, 0.3) is 0 Å². The Kier molecular flexibility index (Phi) is 8.28. The summed E-state index contributed by atoms with van der Waals surface area (Å²) < 4.78 is 0. The quantitative estimate of drug-likeness (QED) is 0.364. The molecule has 6 nitrogen and oxygen atoms in total. The number of aliphatic carboxylic acids is 1. The third-order valence-electron chi connectivity index (χ3n) is 5.74. The topological polar surface area (TPSA) is 95.1 Å². The van der Waals surface area contributed by atoms with E-state index in [9.17, 15) is 14.7 Å². The number of hydrogen-bond acceptors (Lipinski definition) is 3. The molecule has 0 saturated heterocycles. The Morgan fingerprint density at radius 3 is 2.52 bits per heavy atom. The van der Waals surface area contributed by atoms with Crippen molar-refractivity contribution in [3.05, 3.63) is 88.5 Å². The van der Waals surface area contributed by atoms with E-state index in [1.165, 1.54) is 6.92 Å². The lowest BCUT2D eigenvalue weighted by Crippen LogP contribution is -2.54. The summed E-state index contributed by atoms with van der Waals surface area (Å²) in [7, 11) is 0. The number of amides is 1. The molecule has 0 aliphatic carbocycles. The molecule has 0 bridgehead atoms. The number of carboxylic acids is 1. The number of imidazole rings is 1. The molecule has 1 aromatic heterocycles. The first kappa shape index (κ1) is 24.5. The van der Waals surface area contributed by atoms with Crippen LogP contribution in [0.1, 0.15) is 61.7 Å². The van der Waals surface area contributed by atoms with E-state index in [0.717, 1.165) is 36.2 Å². The summed E-state index contributed by atoms with van der Waals surface area (Å²) in [5.41, 5.74) is 1.05. The zero-order chi connectivity index (χ0) is 23.8. The normalized spacial score (nSPS) is 13.8. The van der Waals surface area contributed by atoms with Crippen molar-refractivity contribution < 1.29 is 14.7 Å². The van der Waals surface area contributed by atoms with Crippen LogP contribution in [0, 0.1) is 0 Å². The second-order valence-electron chi connectivity index (χ2n) is 8.53. The number of aromatic nitrogens is 2. The Morgan fingerprint density at radius 1 is 1.15 bits per heavy atom. The predicted octanol–water partition coefficient (Wildman–Crippen LogP) is 5.13. The fraction of sp³-hybridized carbons (Fsp3) is 0.346. The van der Waals surface area contributed by atoms with Crippen LogP contribution in [0.5, 0.6) is 0 Å². The van der Waals surface area contributed by atoms with Crippen molar-refractivity contribution in [2.75, 3.05) is 0 Å². The summed E-state index contributed by atoms with van der Waals surface area (Å²) in [4.78, 5) is 32.5. The molecule has 2 aromatic carbocycles. The summed E-state index contributed by atoms with van der Waals surface area (Å²) in [5.74, 6) is -0.709. The van der Waals surface area contributed by atoms with Crippen LogP contribution >= 0.6 is 11.6 Å². The van der Waals surface area contributed by atoms with Gasteiger partial charge < -0.3 is 15.4 Å². The van der Waals surface area contributed by atoms with Crippen LogP contribution in [0.4, 0.5) is 0 Å². The second-order valence-corrected chi connectivity index (χ2v) is 8.94. The number of nitrogens with one attached hydrogen (secondary N) is 2. The summed E-state index contributed by atoms with van der Waals surface area (Å²) in [6, 6.07) is 17.0. The molecule has 0 aliphatic heterocycles. The Balaban J connectivity index is 1.73. The number of carbonyl (C=O) groups is 2. The van der Waals surface area contributed by atoms with E-state index in [0.29, 0.717) is 10.7 Å². The predicted molar refractivity (Wildman–Crippen MR) is 129 cm³/mol. The lowest BCUT2D eigenvalue weighted by atomic mass is 9.92. The molecule has 3 N–H and O–H groups in total. The molecule has 0 spiro atoms. The number of carboxylic acid groups (broad SMARTS) is 1. The molecular formula is C26H30ClN3O3. The van der Waals surface area contributed by atoms with Crippen LogP contribution in [-0.2, 0) is 22.4 Å². The van der Waals surface area contributed by atoms with Gasteiger partial charge in [0.25, 0.3) is 0 Å². The maximum absolute atomic E-state index is 12.8. The minimum atomic E-state index is -1.41. The van der Waals surface area contributed by atoms with Crippen molar-refractivity contribution in [1.82, 2.24) is 15.3 Å². The van der Waals surface area contributed by atoms with Gasteiger partial charge in [-0.3, -0.25) is 4.79 Å². The average Bonchev–Trinajstić information content (AvgIpc) is 3.23. The minimum Gasteiger partial charge on any atom is -0.480 e. The van der Waals surface area contributed by atoms with Crippen LogP contribution in [0.3, 0.4) is 0 Å². The highest BCUT2D eigenvalue weighted by atomic mass is 35.5. The molecule has 2 atom stereocenters. The van der Waals surface area contributed by atoms with Gasteiger partial charge in [0.15, 0.2) is 0 Å². The molecule has 1 unspecified atom stereocenters. The van der Waals surface area contributed by atoms with Gasteiger partial charge in [-0.1, -0.05) is 79.9 Å². The maximum Gasteiger partial charge on any atom is 0.329 e. The zero-order valence-electron chi connectivity index (χ0n) is 19.0. The SMILES string of the molecule is CCCCC(c1ncc(CC(=O)N[C@@](C)(Cc2ccccc2)C(=O)O)[nH]1)c1ccccc1Cl. The standard InChI is InChI=1S/C26H30ClN3O3/c1-3-4-12-21(20-13-8-9-14-22(20)27)24-28-17-19(29-24)15-23(31)30-26(2,25(32)33)16-18-10-6-5-7-11-18/h5-11,13-14,17,21H,3-4,12,15-16H2,1-2H3,(H,28,29)(H,30,31)(H,32,33)/t21?,26-/m0/s1. The zero-order valence-corrected chi connectivity index (χ0v) is 19.7. The molecule has 3 aromatic rings. The van der Waals surface area contributed by atoms with Crippen molar-refractivity contribution in [3.63, 3.8) is 0 Å². The van der Waals surface area contributed by atoms with Crippen molar-refractivity contribution in [2.45, 2.75) is 57.4 Å². The van der Waals surface area contributed by atoms with Crippen LogP contribution in [0.15, 0.2) is 60.8 Å². The number of unbranched alkanes of at least 4 members (excludes halogenated alkanes) is 1. The average molecular weight is 468 g/mol. The van der Waals surface area contributed by atoms with E-state index in [1.807, 2.05) is 54.6 Å². The lowest BCUT2D eigenvalue weighted by molar-refractivity contribution is -0.146. The molecule has 0 saturated carbocycles. The summed E-state index contributed by atoms with van der Waals surface area (Å²) in [6.07, 6.45) is 4.78. The summed E-state index contributed by atoms with van der Waals surface area (Å²) in [6.45, 7) is 3.66. The van der Waals surface area contributed by atoms with Gasteiger partial charge in [-0.05, 0) is 30.5 Å². The van der Waals surface area contributed by atoms with Crippen LogP contribution in [-0.4, -0.2) is 32.5 Å². The summed E-state index contributed by atoms with van der Waals surface area (Å²) >= 11 is 6.45. The smallest absolute Gasteiger partial charge is 0.329 e. The lowest BCUT2D eigenvalue weighted by Gasteiger charge is -2.26. The molecule has 7 heteroatoms. The molecule has 1 heterocycles. The van der Waals surface area contributed by atoms with Crippen LogP contribution < -0.4 is 5.32 Å². The number of carbonyl (C=O) groups excluding carboxylic acids is 1. The number of benzene rings is 2. The Labute approximate surface area is 199 Å². The van der Waals surface area contributed by atoms with Gasteiger partial charge in [-0.25, -0.2) is 9.78 Å². The highest BCUT2D eigenvalue weighted by Gasteiger charge is 2.35. The van der Waals surface area contributed by atoms with E-state index >= 15 is 0 Å². The first-order chi connectivity index (χ1) is 15.8. The monoisotopic (exact) mass is 467 g/mol. The first-order valence-corrected chi connectivity index (χ1v) is 11.6. The summed E-state index contributed by atoms with van der Waals surface area (Å²) in [5, 5.41) is 13.2. The van der Waals surface area contributed by atoms with Crippen LogP contribution in [0.2, 0.25) is 5.02 Å². The number of H-pyrrole nitrogens is 1. The number of nitrogens with zero attached hydrogens (tertiary/aromatic N) is 1. The minimum absolute atomic E-state index is 0.00201. The Hall–Kier alpha value is -3.12.